The van der Waals surface area contributed by atoms with Gasteiger partial charge in [0.1, 0.15) is 5.78 Å². The molecule has 0 aromatic heterocycles. The van der Waals surface area contributed by atoms with Crippen LogP contribution in [-0.4, -0.2) is 18.5 Å². The molecule has 0 saturated heterocycles. The number of Topliss-reactive ketones (excluding diaryl/α,β-unsaturated/α-hetero) is 1. The van der Waals surface area contributed by atoms with E-state index in [9.17, 15) is 4.79 Å². The van der Waals surface area contributed by atoms with E-state index in [0.717, 1.165) is 31.6 Å². The molecule has 2 saturated carbocycles. The van der Waals surface area contributed by atoms with E-state index in [0.29, 0.717) is 24.0 Å². The fraction of sp³-hybridized carbons (Fsp3) is 0.933. The van der Waals surface area contributed by atoms with Gasteiger partial charge in [0, 0.05) is 19.4 Å². The lowest BCUT2D eigenvalue weighted by Gasteiger charge is -2.41. The summed E-state index contributed by atoms with van der Waals surface area (Å²) in [5.41, 5.74) is -0.0800. The van der Waals surface area contributed by atoms with Crippen molar-refractivity contribution in [3.63, 3.8) is 0 Å². The maximum absolute atomic E-state index is 12.3. The van der Waals surface area contributed by atoms with Crippen LogP contribution in [0, 0.1) is 17.8 Å². The van der Waals surface area contributed by atoms with E-state index in [2.05, 4.69) is 13.8 Å². The second kappa shape index (κ2) is 5.09. The molecule has 0 heterocycles. The zero-order valence-electron chi connectivity index (χ0n) is 11.5. The van der Waals surface area contributed by atoms with Gasteiger partial charge in [-0.25, -0.2) is 0 Å². The average molecular weight is 238 g/mol. The maximum Gasteiger partial charge on any atom is 0.138 e. The number of ketones is 1. The Balaban J connectivity index is 1.88. The Bertz CT molecular complexity index is 275. The molecule has 0 spiro atoms. The molecule has 0 N–H and O–H groups in total. The largest absolute Gasteiger partial charge is 0.378 e. The van der Waals surface area contributed by atoms with Crippen LogP contribution in [0.4, 0.5) is 0 Å². The van der Waals surface area contributed by atoms with Crippen molar-refractivity contribution in [1.29, 1.82) is 0 Å². The summed E-state index contributed by atoms with van der Waals surface area (Å²) in [7, 11) is 1.76. The van der Waals surface area contributed by atoms with Gasteiger partial charge < -0.3 is 4.74 Å². The topological polar surface area (TPSA) is 26.3 Å². The van der Waals surface area contributed by atoms with Crippen molar-refractivity contribution in [2.75, 3.05) is 7.11 Å². The number of ether oxygens (including phenoxy) is 1. The van der Waals surface area contributed by atoms with Crippen molar-refractivity contribution < 1.29 is 9.53 Å². The summed E-state index contributed by atoms with van der Waals surface area (Å²) in [5, 5.41) is 0. The minimum absolute atomic E-state index is 0.0800. The molecular formula is C15H26O2. The summed E-state index contributed by atoms with van der Waals surface area (Å²) in [6.07, 6.45) is 7.46. The number of hydrogen-bond acceptors (Lipinski definition) is 2. The summed E-state index contributed by atoms with van der Waals surface area (Å²) in [4.78, 5) is 12.3. The molecule has 3 atom stereocenters. The lowest BCUT2D eigenvalue weighted by Crippen LogP contribution is -2.43. The zero-order valence-corrected chi connectivity index (χ0v) is 11.5. The Labute approximate surface area is 105 Å². The van der Waals surface area contributed by atoms with E-state index >= 15 is 0 Å². The van der Waals surface area contributed by atoms with Gasteiger partial charge in [-0.1, -0.05) is 13.8 Å². The van der Waals surface area contributed by atoms with Crippen LogP contribution in [0.15, 0.2) is 0 Å². The quantitative estimate of drug-likeness (QED) is 0.748. The highest BCUT2D eigenvalue weighted by Gasteiger charge is 2.41. The van der Waals surface area contributed by atoms with Gasteiger partial charge >= 0.3 is 0 Å². The van der Waals surface area contributed by atoms with Crippen LogP contribution in [0.25, 0.3) is 0 Å². The number of carbonyl (C=O) groups is 1. The molecule has 2 aliphatic carbocycles. The molecule has 0 bridgehead atoms. The molecule has 0 radical (unpaired) electrons. The number of rotatable bonds is 4. The summed E-state index contributed by atoms with van der Waals surface area (Å²) in [6, 6.07) is 0. The standard InChI is InChI=1S/C15H26O2/c1-11-5-6-13(9-12(11)2)14(16)10-15(17-3)7-4-8-15/h11-13H,4-10H2,1-3H3. The monoisotopic (exact) mass is 238 g/mol. The lowest BCUT2D eigenvalue weighted by atomic mass is 9.70. The van der Waals surface area contributed by atoms with E-state index < -0.39 is 0 Å². The number of hydrogen-bond donors (Lipinski definition) is 0. The third-order valence-electron chi connectivity index (χ3n) is 5.25. The first-order chi connectivity index (χ1) is 8.06. The van der Waals surface area contributed by atoms with E-state index in [1.165, 1.54) is 12.8 Å². The van der Waals surface area contributed by atoms with Gasteiger partial charge in [-0.2, -0.15) is 0 Å². The van der Waals surface area contributed by atoms with Crippen molar-refractivity contribution in [3.8, 4) is 0 Å². The summed E-state index contributed by atoms with van der Waals surface area (Å²) in [5.74, 6) is 2.27. The number of carbonyl (C=O) groups excluding carboxylic acids is 1. The van der Waals surface area contributed by atoms with Gasteiger partial charge in [0.15, 0.2) is 0 Å². The van der Waals surface area contributed by atoms with Gasteiger partial charge in [0.05, 0.1) is 5.60 Å². The second-order valence-corrected chi connectivity index (χ2v) is 6.35. The Morgan fingerprint density at radius 2 is 1.94 bits per heavy atom. The second-order valence-electron chi connectivity index (χ2n) is 6.35. The minimum Gasteiger partial charge on any atom is -0.378 e. The molecule has 0 aromatic carbocycles. The molecule has 98 valence electrons. The third kappa shape index (κ3) is 2.73. The van der Waals surface area contributed by atoms with Gasteiger partial charge in [-0.05, 0) is 50.4 Å². The van der Waals surface area contributed by atoms with Gasteiger partial charge in [-0.3, -0.25) is 4.79 Å². The van der Waals surface area contributed by atoms with Crippen molar-refractivity contribution >= 4 is 5.78 Å². The predicted octanol–water partition coefficient (Wildman–Crippen LogP) is 3.59. The van der Waals surface area contributed by atoms with Crippen molar-refractivity contribution in [1.82, 2.24) is 0 Å². The zero-order chi connectivity index (χ0) is 12.5. The van der Waals surface area contributed by atoms with E-state index in [1.54, 1.807) is 7.11 Å². The smallest absolute Gasteiger partial charge is 0.138 e. The fourth-order valence-corrected chi connectivity index (χ4v) is 3.33. The first kappa shape index (κ1) is 13.1. The Hall–Kier alpha value is -0.370. The Morgan fingerprint density at radius 1 is 1.24 bits per heavy atom. The highest BCUT2D eigenvalue weighted by atomic mass is 16.5. The Kier molecular flexibility index (Phi) is 3.92. The minimum atomic E-state index is -0.0800. The maximum atomic E-state index is 12.3. The normalized spacial score (nSPS) is 36.3. The summed E-state index contributed by atoms with van der Waals surface area (Å²) < 4.78 is 5.56. The van der Waals surface area contributed by atoms with Crippen LogP contribution >= 0.6 is 0 Å². The van der Waals surface area contributed by atoms with Crippen LogP contribution in [0.1, 0.15) is 58.8 Å². The molecule has 3 unspecified atom stereocenters. The summed E-state index contributed by atoms with van der Waals surface area (Å²) >= 11 is 0. The van der Waals surface area contributed by atoms with Crippen LogP contribution in [-0.2, 0) is 9.53 Å². The van der Waals surface area contributed by atoms with Crippen LogP contribution in [0.5, 0.6) is 0 Å². The molecule has 0 amide bonds. The van der Waals surface area contributed by atoms with E-state index in [4.69, 9.17) is 4.74 Å². The van der Waals surface area contributed by atoms with Crippen molar-refractivity contribution in [2.45, 2.75) is 64.4 Å². The predicted molar refractivity (Wildman–Crippen MR) is 68.9 cm³/mol. The molecule has 0 aliphatic heterocycles. The number of methoxy groups -OCH3 is 1. The molecular weight excluding hydrogens is 212 g/mol. The lowest BCUT2D eigenvalue weighted by molar-refractivity contribution is -0.137. The first-order valence-electron chi connectivity index (χ1n) is 7.14. The fourth-order valence-electron chi connectivity index (χ4n) is 3.33. The molecule has 0 aromatic rings. The van der Waals surface area contributed by atoms with Crippen LogP contribution in [0.3, 0.4) is 0 Å². The third-order valence-corrected chi connectivity index (χ3v) is 5.25. The molecule has 2 nitrogen and oxygen atoms in total. The van der Waals surface area contributed by atoms with Gasteiger partial charge in [0.25, 0.3) is 0 Å². The molecule has 2 rings (SSSR count). The van der Waals surface area contributed by atoms with E-state index in [1.807, 2.05) is 0 Å². The SMILES string of the molecule is COC1(CC(=O)C2CCC(C)C(C)C2)CCC1. The van der Waals surface area contributed by atoms with Crippen LogP contribution < -0.4 is 0 Å². The van der Waals surface area contributed by atoms with E-state index in [-0.39, 0.29) is 5.60 Å². The molecule has 2 heteroatoms. The van der Waals surface area contributed by atoms with Gasteiger partial charge in [-0.15, -0.1) is 0 Å². The van der Waals surface area contributed by atoms with Crippen LogP contribution in [0.2, 0.25) is 0 Å². The Morgan fingerprint density at radius 3 is 2.41 bits per heavy atom. The molecule has 2 fully saturated rings. The van der Waals surface area contributed by atoms with Crippen molar-refractivity contribution in [3.05, 3.63) is 0 Å². The average Bonchev–Trinajstić information content (AvgIpc) is 2.27. The van der Waals surface area contributed by atoms with Gasteiger partial charge in [0.2, 0.25) is 0 Å². The first-order valence-corrected chi connectivity index (χ1v) is 7.14. The van der Waals surface area contributed by atoms with Crippen molar-refractivity contribution in [2.24, 2.45) is 17.8 Å². The highest BCUT2D eigenvalue weighted by Crippen LogP contribution is 2.41. The molecule has 17 heavy (non-hydrogen) atoms. The highest BCUT2D eigenvalue weighted by molar-refractivity contribution is 5.82. The molecule has 2 aliphatic rings. The summed E-state index contributed by atoms with van der Waals surface area (Å²) in [6.45, 7) is 4.60.